The fraction of sp³-hybridized carbons (Fsp3) is 0.0588. The number of rotatable bonds is 4. The molecule has 0 saturated heterocycles. The highest BCUT2D eigenvalue weighted by atomic mass is 35.5. The van der Waals surface area contributed by atoms with Crippen LogP contribution in [0.1, 0.15) is 5.56 Å². The molecule has 0 unspecified atom stereocenters. The summed E-state index contributed by atoms with van der Waals surface area (Å²) in [5, 5.41) is 3.56. The van der Waals surface area contributed by atoms with Crippen LogP contribution in [0.4, 0.5) is 10.1 Å². The third-order valence-corrected chi connectivity index (χ3v) is 3.49. The summed E-state index contributed by atoms with van der Waals surface area (Å²) in [4.78, 5) is 8.21. The average molecular weight is 314 g/mol. The van der Waals surface area contributed by atoms with Crippen LogP contribution in [0, 0.1) is 5.82 Å². The molecule has 22 heavy (non-hydrogen) atoms. The zero-order valence-corrected chi connectivity index (χ0v) is 12.4. The van der Waals surface area contributed by atoms with Crippen molar-refractivity contribution in [3.05, 3.63) is 77.6 Å². The molecule has 5 heteroatoms. The maximum Gasteiger partial charge on any atom is 0.129 e. The number of nitrogens with one attached hydrogen (secondary N) is 1. The molecule has 3 nitrogen and oxygen atoms in total. The van der Waals surface area contributed by atoms with Gasteiger partial charge in [-0.2, -0.15) is 0 Å². The zero-order chi connectivity index (χ0) is 15.4. The second kappa shape index (κ2) is 6.54. The highest BCUT2D eigenvalue weighted by molar-refractivity contribution is 6.30. The molecule has 0 atom stereocenters. The van der Waals surface area contributed by atoms with Crippen LogP contribution in [0.2, 0.25) is 5.02 Å². The van der Waals surface area contributed by atoms with E-state index in [9.17, 15) is 4.39 Å². The van der Waals surface area contributed by atoms with Gasteiger partial charge in [-0.1, -0.05) is 17.7 Å². The average Bonchev–Trinajstić information content (AvgIpc) is 2.55. The van der Waals surface area contributed by atoms with Gasteiger partial charge in [0, 0.05) is 47.5 Å². The first-order valence-electron chi connectivity index (χ1n) is 6.75. The Morgan fingerprint density at radius 2 is 1.77 bits per heavy atom. The minimum absolute atomic E-state index is 0.321. The van der Waals surface area contributed by atoms with Crippen molar-refractivity contribution in [3.8, 4) is 11.1 Å². The number of nitrogens with zero attached hydrogens (tertiary/aromatic N) is 2. The Kier molecular flexibility index (Phi) is 4.30. The van der Waals surface area contributed by atoms with Crippen molar-refractivity contribution in [2.24, 2.45) is 0 Å². The van der Waals surface area contributed by atoms with E-state index in [0.717, 1.165) is 16.8 Å². The molecule has 0 fully saturated rings. The van der Waals surface area contributed by atoms with Crippen LogP contribution < -0.4 is 5.32 Å². The normalized spacial score (nSPS) is 10.5. The van der Waals surface area contributed by atoms with Crippen LogP contribution in [0.3, 0.4) is 0 Å². The molecule has 0 aliphatic carbocycles. The number of aromatic nitrogens is 2. The summed E-state index contributed by atoms with van der Waals surface area (Å²) in [6.07, 6.45) is 6.96. The van der Waals surface area contributed by atoms with Gasteiger partial charge in [0.25, 0.3) is 0 Å². The Hall–Kier alpha value is -2.46. The summed E-state index contributed by atoms with van der Waals surface area (Å²) in [5.74, 6) is -0.321. The topological polar surface area (TPSA) is 37.8 Å². The molecule has 0 bridgehead atoms. The van der Waals surface area contributed by atoms with E-state index in [-0.39, 0.29) is 5.82 Å². The molecule has 0 amide bonds. The van der Waals surface area contributed by atoms with E-state index >= 15 is 0 Å². The first kappa shape index (κ1) is 14.5. The summed E-state index contributed by atoms with van der Waals surface area (Å²) < 4.78 is 13.8. The van der Waals surface area contributed by atoms with Gasteiger partial charge in [-0.3, -0.25) is 9.97 Å². The Balaban J connectivity index is 1.76. The van der Waals surface area contributed by atoms with Crippen LogP contribution in [-0.4, -0.2) is 9.97 Å². The number of halogens is 2. The van der Waals surface area contributed by atoms with Crippen molar-refractivity contribution in [1.29, 1.82) is 0 Å². The Labute approximate surface area is 132 Å². The van der Waals surface area contributed by atoms with Crippen molar-refractivity contribution < 1.29 is 4.39 Å². The van der Waals surface area contributed by atoms with E-state index in [0.29, 0.717) is 17.1 Å². The van der Waals surface area contributed by atoms with Crippen molar-refractivity contribution in [1.82, 2.24) is 9.97 Å². The number of hydrogen-bond acceptors (Lipinski definition) is 3. The molecule has 2 aromatic heterocycles. The van der Waals surface area contributed by atoms with Crippen LogP contribution in [0.25, 0.3) is 11.1 Å². The summed E-state index contributed by atoms with van der Waals surface area (Å²) in [6, 6.07) is 10.5. The lowest BCUT2D eigenvalue weighted by Gasteiger charge is -2.09. The maximum absolute atomic E-state index is 13.8. The molecule has 0 saturated carbocycles. The molecular weight excluding hydrogens is 301 g/mol. The van der Waals surface area contributed by atoms with Crippen LogP contribution in [-0.2, 0) is 6.54 Å². The first-order chi connectivity index (χ1) is 10.7. The highest BCUT2D eigenvalue weighted by Gasteiger charge is 2.04. The van der Waals surface area contributed by atoms with E-state index in [2.05, 4.69) is 15.3 Å². The molecule has 0 spiro atoms. The molecule has 0 aliphatic heterocycles. The predicted molar refractivity (Wildman–Crippen MR) is 86.2 cm³/mol. The van der Waals surface area contributed by atoms with E-state index in [1.807, 2.05) is 18.2 Å². The summed E-state index contributed by atoms with van der Waals surface area (Å²) in [7, 11) is 0. The minimum atomic E-state index is -0.321. The number of pyridine rings is 2. The van der Waals surface area contributed by atoms with Crippen molar-refractivity contribution >= 4 is 17.3 Å². The summed E-state index contributed by atoms with van der Waals surface area (Å²) in [6.45, 7) is 0.366. The second-order valence-corrected chi connectivity index (χ2v) is 5.22. The van der Waals surface area contributed by atoms with Crippen LogP contribution in [0.15, 0.2) is 61.2 Å². The molecule has 2 heterocycles. The number of benzene rings is 1. The molecule has 3 rings (SSSR count). The molecule has 110 valence electrons. The van der Waals surface area contributed by atoms with Gasteiger partial charge in [0.2, 0.25) is 0 Å². The molecule has 3 aromatic rings. The quantitative estimate of drug-likeness (QED) is 0.768. The first-order valence-corrected chi connectivity index (χ1v) is 7.13. The monoisotopic (exact) mass is 313 g/mol. The summed E-state index contributed by atoms with van der Waals surface area (Å²) in [5.41, 5.74) is 3.38. The van der Waals surface area contributed by atoms with Gasteiger partial charge in [0.15, 0.2) is 0 Å². The smallest absolute Gasteiger partial charge is 0.129 e. The zero-order valence-electron chi connectivity index (χ0n) is 11.6. The predicted octanol–water partition coefficient (Wildman–Crippen LogP) is 4.55. The van der Waals surface area contributed by atoms with E-state index in [4.69, 9.17) is 11.6 Å². The second-order valence-electron chi connectivity index (χ2n) is 4.79. The number of anilines is 1. The fourth-order valence-corrected chi connectivity index (χ4v) is 2.26. The lowest BCUT2D eigenvalue weighted by Crippen LogP contribution is -2.02. The standard InChI is InChI=1S/C17H13ClFN3/c18-15-2-1-13(17(19)8-15)10-22-16-7-14(9-21-11-16)12-3-5-20-6-4-12/h1-9,11,22H,10H2. The summed E-state index contributed by atoms with van der Waals surface area (Å²) >= 11 is 5.75. The van der Waals surface area contributed by atoms with E-state index < -0.39 is 0 Å². The molecule has 1 aromatic carbocycles. The van der Waals surface area contributed by atoms with Crippen molar-refractivity contribution in [3.63, 3.8) is 0 Å². The van der Waals surface area contributed by atoms with Gasteiger partial charge in [-0.05, 0) is 35.9 Å². The van der Waals surface area contributed by atoms with Crippen LogP contribution >= 0.6 is 11.6 Å². The van der Waals surface area contributed by atoms with Gasteiger partial charge in [0.1, 0.15) is 5.82 Å². The van der Waals surface area contributed by atoms with Gasteiger partial charge >= 0.3 is 0 Å². The van der Waals surface area contributed by atoms with Crippen molar-refractivity contribution in [2.75, 3.05) is 5.32 Å². The van der Waals surface area contributed by atoms with Gasteiger partial charge < -0.3 is 5.32 Å². The van der Waals surface area contributed by atoms with E-state index in [1.165, 1.54) is 6.07 Å². The van der Waals surface area contributed by atoms with Gasteiger partial charge in [0.05, 0.1) is 5.69 Å². The molecule has 0 radical (unpaired) electrons. The van der Waals surface area contributed by atoms with Crippen LogP contribution in [0.5, 0.6) is 0 Å². The third-order valence-electron chi connectivity index (χ3n) is 3.25. The lowest BCUT2D eigenvalue weighted by molar-refractivity contribution is 0.613. The van der Waals surface area contributed by atoms with E-state index in [1.54, 1.807) is 36.9 Å². The fourth-order valence-electron chi connectivity index (χ4n) is 2.10. The lowest BCUT2D eigenvalue weighted by atomic mass is 10.1. The number of hydrogen-bond donors (Lipinski definition) is 1. The van der Waals surface area contributed by atoms with Gasteiger partial charge in [-0.25, -0.2) is 4.39 Å². The maximum atomic E-state index is 13.8. The highest BCUT2D eigenvalue weighted by Crippen LogP contribution is 2.21. The van der Waals surface area contributed by atoms with Crippen molar-refractivity contribution in [2.45, 2.75) is 6.54 Å². The Morgan fingerprint density at radius 1 is 0.955 bits per heavy atom. The molecular formula is C17H13ClFN3. The molecule has 0 aliphatic rings. The Morgan fingerprint density at radius 3 is 2.55 bits per heavy atom. The largest absolute Gasteiger partial charge is 0.380 e. The minimum Gasteiger partial charge on any atom is -0.380 e. The third kappa shape index (κ3) is 3.40. The van der Waals surface area contributed by atoms with Gasteiger partial charge in [-0.15, -0.1) is 0 Å². The molecule has 1 N–H and O–H groups in total. The Bertz CT molecular complexity index is 778. The SMILES string of the molecule is Fc1cc(Cl)ccc1CNc1cncc(-c2ccncc2)c1.